The van der Waals surface area contributed by atoms with Gasteiger partial charge in [-0.3, -0.25) is 24.1 Å². The average Bonchev–Trinajstić information content (AvgIpc) is 3.92. The van der Waals surface area contributed by atoms with Crippen molar-refractivity contribution in [2.75, 3.05) is 6.54 Å². The summed E-state index contributed by atoms with van der Waals surface area (Å²) >= 11 is 0. The van der Waals surface area contributed by atoms with Gasteiger partial charge in [-0.15, -0.1) is 0 Å². The molecular weight excluding hydrogens is 632 g/mol. The van der Waals surface area contributed by atoms with Gasteiger partial charge in [0.1, 0.15) is 29.3 Å². The number of amides is 4. The molecule has 5 unspecified atom stereocenters. The second-order valence-electron chi connectivity index (χ2n) is 13.6. The normalized spacial score (nSPS) is 28.4. The molecule has 47 heavy (non-hydrogen) atoms. The number of alkyl carbamates (subject to hydrolysis) is 1. The van der Waals surface area contributed by atoms with Crippen LogP contribution in [0, 0.1) is 5.92 Å². The third-order valence-corrected chi connectivity index (χ3v) is 10.4. The first-order chi connectivity index (χ1) is 22.2. The first-order valence-corrected chi connectivity index (χ1v) is 17.5. The molecule has 5 rings (SSSR count). The van der Waals surface area contributed by atoms with Gasteiger partial charge in [-0.05, 0) is 59.3 Å². The van der Waals surface area contributed by atoms with Crippen molar-refractivity contribution in [3.63, 3.8) is 0 Å². The molecule has 0 bridgehead atoms. The SMILES string of the molecule is CC(C)(C)OC(=O)NC1CCCCCC=CC2CC2(C(=O)NS(=O)(=O)C2CC2)NC(=O)C2CC(OC(=O)c3cnccn3)CN2C1=O. The Bertz CT molecular complexity index is 1530. The lowest BCUT2D eigenvalue weighted by Crippen LogP contribution is -2.58. The number of nitrogens with zero attached hydrogens (tertiary/aromatic N) is 3. The van der Waals surface area contributed by atoms with Crippen LogP contribution in [0.1, 0.15) is 89.0 Å². The monoisotopic (exact) mass is 674 g/mol. The van der Waals surface area contributed by atoms with Crippen LogP contribution in [0.2, 0.25) is 0 Å². The van der Waals surface area contributed by atoms with Crippen LogP contribution >= 0.6 is 0 Å². The third-order valence-electron chi connectivity index (χ3n) is 8.58. The van der Waals surface area contributed by atoms with E-state index in [0.717, 1.165) is 12.8 Å². The molecule has 3 heterocycles. The minimum absolute atomic E-state index is 0.0580. The van der Waals surface area contributed by atoms with Crippen molar-refractivity contribution in [1.29, 1.82) is 0 Å². The Kier molecular flexibility index (Phi) is 9.89. The highest BCUT2D eigenvalue weighted by Gasteiger charge is 2.62. The molecule has 0 radical (unpaired) electrons. The highest BCUT2D eigenvalue weighted by Crippen LogP contribution is 2.46. The van der Waals surface area contributed by atoms with Gasteiger partial charge >= 0.3 is 12.1 Å². The van der Waals surface area contributed by atoms with Gasteiger partial charge in [-0.1, -0.05) is 25.0 Å². The fraction of sp³-hybridized carbons (Fsp3) is 0.645. The molecule has 5 atom stereocenters. The summed E-state index contributed by atoms with van der Waals surface area (Å²) < 4.78 is 38.5. The fourth-order valence-corrected chi connectivity index (χ4v) is 7.28. The Morgan fingerprint density at radius 2 is 1.85 bits per heavy atom. The van der Waals surface area contributed by atoms with E-state index in [2.05, 4.69) is 25.3 Å². The van der Waals surface area contributed by atoms with E-state index < -0.39 is 80.3 Å². The van der Waals surface area contributed by atoms with Crippen molar-refractivity contribution >= 4 is 39.8 Å². The fourth-order valence-electron chi connectivity index (χ4n) is 5.91. The summed E-state index contributed by atoms with van der Waals surface area (Å²) in [6.07, 6.45) is 9.97. The summed E-state index contributed by atoms with van der Waals surface area (Å²) in [6.45, 7) is 4.92. The van der Waals surface area contributed by atoms with Gasteiger partial charge < -0.3 is 25.0 Å². The van der Waals surface area contributed by atoms with Crippen LogP contribution in [0.3, 0.4) is 0 Å². The summed E-state index contributed by atoms with van der Waals surface area (Å²) in [5, 5.41) is 4.78. The number of hydrogen-bond acceptors (Lipinski definition) is 11. The molecule has 256 valence electrons. The Hall–Kier alpha value is -4.08. The first-order valence-electron chi connectivity index (χ1n) is 16.0. The van der Waals surface area contributed by atoms with Crippen LogP contribution in [-0.2, 0) is 33.9 Å². The number of carbonyl (C=O) groups excluding carboxylic acids is 5. The van der Waals surface area contributed by atoms with Crippen LogP contribution < -0.4 is 15.4 Å². The standard InChI is InChI=1S/C31H42N6O9S/c1-30(2,3)46-29(42)34-22-10-8-6-4-5-7-9-19-16-31(19,28(41)36-47(43,44)21-11-12-21)35-25(38)24-15-20(18-37(24)26(22)39)45-27(40)23-17-32-13-14-33-23/h7,9,13-14,17,19-22,24H,4-6,8,10-12,15-16,18H2,1-3H3,(H,34,42)(H,35,38)(H,36,41). The molecule has 2 aliphatic heterocycles. The zero-order valence-corrected chi connectivity index (χ0v) is 27.6. The smallest absolute Gasteiger partial charge is 0.408 e. The van der Waals surface area contributed by atoms with Crippen LogP contribution in [0.15, 0.2) is 30.7 Å². The number of sulfonamides is 1. The predicted molar refractivity (Wildman–Crippen MR) is 166 cm³/mol. The molecule has 3 N–H and O–H groups in total. The lowest BCUT2D eigenvalue weighted by molar-refractivity contribution is -0.141. The Labute approximate surface area is 273 Å². The lowest BCUT2D eigenvalue weighted by Gasteiger charge is -2.30. The second-order valence-corrected chi connectivity index (χ2v) is 15.5. The third kappa shape index (κ3) is 8.45. The molecule has 1 aromatic rings. The van der Waals surface area contributed by atoms with E-state index in [-0.39, 0.29) is 31.5 Å². The van der Waals surface area contributed by atoms with E-state index in [0.29, 0.717) is 25.7 Å². The minimum atomic E-state index is -3.90. The van der Waals surface area contributed by atoms with Gasteiger partial charge in [0.25, 0.3) is 5.91 Å². The van der Waals surface area contributed by atoms with Gasteiger partial charge in [-0.2, -0.15) is 0 Å². The van der Waals surface area contributed by atoms with Gasteiger partial charge in [-0.25, -0.2) is 23.0 Å². The van der Waals surface area contributed by atoms with E-state index in [1.807, 2.05) is 12.2 Å². The summed E-state index contributed by atoms with van der Waals surface area (Å²) in [5.74, 6) is -3.37. The molecule has 2 aliphatic carbocycles. The van der Waals surface area contributed by atoms with E-state index >= 15 is 0 Å². The summed E-state index contributed by atoms with van der Waals surface area (Å²) in [5.41, 5.74) is -2.41. The molecule has 4 amide bonds. The molecule has 2 saturated carbocycles. The van der Waals surface area contributed by atoms with Crippen LogP contribution in [0.5, 0.6) is 0 Å². The summed E-state index contributed by atoms with van der Waals surface area (Å²) in [6, 6.07) is -2.25. The minimum Gasteiger partial charge on any atom is -0.456 e. The highest BCUT2D eigenvalue weighted by molar-refractivity contribution is 7.91. The largest absolute Gasteiger partial charge is 0.456 e. The molecule has 16 heteroatoms. The number of allylic oxidation sites excluding steroid dienone is 1. The number of ether oxygens (including phenoxy) is 2. The molecular formula is C31H42N6O9S. The number of esters is 1. The van der Waals surface area contributed by atoms with Crippen LogP contribution in [0.4, 0.5) is 4.79 Å². The Balaban J connectivity index is 1.42. The van der Waals surface area contributed by atoms with Crippen molar-refractivity contribution in [2.45, 2.75) is 113 Å². The lowest BCUT2D eigenvalue weighted by atomic mass is 10.0. The number of nitrogens with one attached hydrogen (secondary N) is 3. The van der Waals surface area contributed by atoms with E-state index in [1.54, 1.807) is 20.8 Å². The Morgan fingerprint density at radius 1 is 1.09 bits per heavy atom. The van der Waals surface area contributed by atoms with Crippen molar-refractivity contribution in [3.8, 4) is 0 Å². The molecule has 3 fully saturated rings. The summed E-state index contributed by atoms with van der Waals surface area (Å²) in [7, 11) is -3.90. The zero-order valence-electron chi connectivity index (χ0n) is 26.8. The molecule has 1 saturated heterocycles. The number of fused-ring (bicyclic) bond motifs is 2. The van der Waals surface area contributed by atoms with Gasteiger partial charge in [0.05, 0.1) is 18.0 Å². The van der Waals surface area contributed by atoms with Crippen LogP contribution in [-0.4, -0.2) is 94.2 Å². The first kappa shape index (κ1) is 34.3. The maximum absolute atomic E-state index is 14.1. The molecule has 1 aromatic heterocycles. The zero-order chi connectivity index (χ0) is 34.0. The average molecular weight is 675 g/mol. The van der Waals surface area contributed by atoms with Gasteiger partial charge in [0, 0.05) is 24.7 Å². The Morgan fingerprint density at radius 3 is 2.53 bits per heavy atom. The molecule has 15 nitrogen and oxygen atoms in total. The van der Waals surface area contributed by atoms with Crippen molar-refractivity contribution < 1.29 is 41.9 Å². The molecule has 0 aromatic carbocycles. The number of aromatic nitrogens is 2. The van der Waals surface area contributed by atoms with E-state index in [1.165, 1.54) is 23.5 Å². The maximum Gasteiger partial charge on any atom is 0.408 e. The number of hydrogen-bond donors (Lipinski definition) is 3. The van der Waals surface area contributed by atoms with Gasteiger partial charge in [0.15, 0.2) is 5.69 Å². The number of carbonyl (C=O) groups is 5. The maximum atomic E-state index is 14.1. The van der Waals surface area contributed by atoms with E-state index in [9.17, 15) is 32.4 Å². The number of rotatable bonds is 6. The van der Waals surface area contributed by atoms with Crippen molar-refractivity contribution in [2.24, 2.45) is 5.92 Å². The molecule has 0 spiro atoms. The van der Waals surface area contributed by atoms with Crippen molar-refractivity contribution in [3.05, 3.63) is 36.4 Å². The predicted octanol–water partition coefficient (Wildman–Crippen LogP) is 1.50. The van der Waals surface area contributed by atoms with Gasteiger partial charge in [0.2, 0.25) is 21.8 Å². The quantitative estimate of drug-likeness (QED) is 0.291. The second kappa shape index (κ2) is 13.6. The molecule has 4 aliphatic rings. The van der Waals surface area contributed by atoms with Crippen LogP contribution in [0.25, 0.3) is 0 Å². The van der Waals surface area contributed by atoms with Crippen molar-refractivity contribution in [1.82, 2.24) is 30.2 Å². The van der Waals surface area contributed by atoms with E-state index in [4.69, 9.17) is 9.47 Å². The summed E-state index contributed by atoms with van der Waals surface area (Å²) in [4.78, 5) is 76.3. The highest BCUT2D eigenvalue weighted by atomic mass is 32.2. The topological polar surface area (TPSA) is 203 Å².